The third-order valence-electron chi connectivity index (χ3n) is 2.88. The van der Waals surface area contributed by atoms with Crippen molar-refractivity contribution in [2.24, 2.45) is 0 Å². The Hall–Kier alpha value is -1.58. The molecule has 2 aromatic rings. The average Bonchev–Trinajstić information content (AvgIpc) is 2.39. The smallest absolute Gasteiger partial charge is 0.125 e. The highest BCUT2D eigenvalue weighted by atomic mass is 35.5. The summed E-state index contributed by atoms with van der Waals surface area (Å²) in [6.45, 7) is 2.01. The standard InChI is InChI=1S/C15H14ClFO2/c1-10-6-14(17)4-2-11(10)9-19-15-5-3-13(16)7-12(15)8-18/h2-7,18H,8-9H2,1H3. The minimum Gasteiger partial charge on any atom is -0.489 e. The van der Waals surface area contributed by atoms with Crippen LogP contribution in [0.4, 0.5) is 4.39 Å². The van der Waals surface area contributed by atoms with Crippen LogP contribution in [-0.2, 0) is 13.2 Å². The van der Waals surface area contributed by atoms with Crippen LogP contribution in [0, 0.1) is 12.7 Å². The highest BCUT2D eigenvalue weighted by Crippen LogP contribution is 2.24. The molecule has 0 bridgehead atoms. The van der Waals surface area contributed by atoms with Crippen LogP contribution in [0.2, 0.25) is 5.02 Å². The highest BCUT2D eigenvalue weighted by molar-refractivity contribution is 6.30. The number of aryl methyl sites for hydroxylation is 1. The van der Waals surface area contributed by atoms with Gasteiger partial charge in [0.15, 0.2) is 0 Å². The molecule has 2 aromatic carbocycles. The van der Waals surface area contributed by atoms with E-state index in [9.17, 15) is 9.50 Å². The van der Waals surface area contributed by atoms with Crippen molar-refractivity contribution in [3.8, 4) is 5.75 Å². The molecule has 0 unspecified atom stereocenters. The summed E-state index contributed by atoms with van der Waals surface area (Å²) in [6.07, 6.45) is 0. The fraction of sp³-hybridized carbons (Fsp3) is 0.200. The largest absolute Gasteiger partial charge is 0.489 e. The Morgan fingerprint density at radius 3 is 2.63 bits per heavy atom. The lowest BCUT2D eigenvalue weighted by atomic mass is 10.1. The minimum absolute atomic E-state index is 0.141. The fourth-order valence-corrected chi connectivity index (χ4v) is 1.98. The van der Waals surface area contributed by atoms with E-state index in [-0.39, 0.29) is 12.4 Å². The maximum absolute atomic E-state index is 13.0. The summed E-state index contributed by atoms with van der Waals surface area (Å²) in [6, 6.07) is 9.64. The van der Waals surface area contributed by atoms with E-state index in [0.717, 1.165) is 11.1 Å². The van der Waals surface area contributed by atoms with Gasteiger partial charge >= 0.3 is 0 Å². The molecule has 100 valence electrons. The predicted octanol–water partition coefficient (Wildman–Crippen LogP) is 3.86. The van der Waals surface area contributed by atoms with Crippen LogP contribution >= 0.6 is 11.6 Å². The number of halogens is 2. The first-order chi connectivity index (χ1) is 9.10. The van der Waals surface area contributed by atoms with Crippen molar-refractivity contribution >= 4 is 11.6 Å². The Kier molecular flexibility index (Phi) is 4.40. The Morgan fingerprint density at radius 2 is 1.95 bits per heavy atom. The van der Waals surface area contributed by atoms with E-state index in [1.165, 1.54) is 12.1 Å². The van der Waals surface area contributed by atoms with Crippen LogP contribution in [0.5, 0.6) is 5.75 Å². The second-order valence-electron chi connectivity index (χ2n) is 4.27. The fourth-order valence-electron chi connectivity index (χ4n) is 1.79. The van der Waals surface area contributed by atoms with Gasteiger partial charge in [-0.05, 0) is 48.4 Å². The summed E-state index contributed by atoms with van der Waals surface area (Å²) in [7, 11) is 0. The number of benzene rings is 2. The molecule has 0 heterocycles. The van der Waals surface area contributed by atoms with Gasteiger partial charge in [-0.2, -0.15) is 0 Å². The second kappa shape index (κ2) is 6.04. The van der Waals surface area contributed by atoms with Crippen LogP contribution in [-0.4, -0.2) is 5.11 Å². The molecule has 0 saturated carbocycles. The van der Waals surface area contributed by atoms with Crippen molar-refractivity contribution in [3.63, 3.8) is 0 Å². The molecule has 0 radical (unpaired) electrons. The molecule has 2 nitrogen and oxygen atoms in total. The van der Waals surface area contributed by atoms with Crippen LogP contribution in [0.25, 0.3) is 0 Å². The van der Waals surface area contributed by atoms with E-state index < -0.39 is 0 Å². The van der Waals surface area contributed by atoms with Crippen molar-refractivity contribution in [3.05, 3.63) is 63.9 Å². The molecular weight excluding hydrogens is 267 g/mol. The number of rotatable bonds is 4. The number of aliphatic hydroxyl groups excluding tert-OH is 1. The molecule has 0 atom stereocenters. The van der Waals surface area contributed by atoms with Gasteiger partial charge in [0.2, 0.25) is 0 Å². The lowest BCUT2D eigenvalue weighted by molar-refractivity contribution is 0.259. The van der Waals surface area contributed by atoms with Crippen LogP contribution in [0.3, 0.4) is 0 Å². The lowest BCUT2D eigenvalue weighted by Gasteiger charge is -2.12. The molecule has 0 spiro atoms. The first-order valence-electron chi connectivity index (χ1n) is 5.87. The summed E-state index contributed by atoms with van der Waals surface area (Å²) in [5.74, 6) is 0.319. The van der Waals surface area contributed by atoms with Gasteiger partial charge < -0.3 is 9.84 Å². The molecule has 0 aliphatic carbocycles. The number of aliphatic hydroxyl groups is 1. The van der Waals surface area contributed by atoms with Gasteiger partial charge in [-0.15, -0.1) is 0 Å². The molecule has 1 N–H and O–H groups in total. The van der Waals surface area contributed by atoms with Gasteiger partial charge in [0.05, 0.1) is 6.61 Å². The zero-order chi connectivity index (χ0) is 13.8. The summed E-state index contributed by atoms with van der Waals surface area (Å²) in [5, 5.41) is 9.79. The Labute approximate surface area is 116 Å². The summed E-state index contributed by atoms with van der Waals surface area (Å²) < 4.78 is 18.6. The summed E-state index contributed by atoms with van der Waals surface area (Å²) in [4.78, 5) is 0. The van der Waals surface area contributed by atoms with Crippen molar-refractivity contribution in [2.45, 2.75) is 20.1 Å². The van der Waals surface area contributed by atoms with Crippen molar-refractivity contribution < 1.29 is 14.2 Å². The topological polar surface area (TPSA) is 29.5 Å². The van der Waals surface area contributed by atoms with Gasteiger partial charge in [-0.25, -0.2) is 4.39 Å². The van der Waals surface area contributed by atoms with Crippen LogP contribution in [0.15, 0.2) is 36.4 Å². The maximum Gasteiger partial charge on any atom is 0.125 e. The van der Waals surface area contributed by atoms with Gasteiger partial charge in [-0.1, -0.05) is 17.7 Å². The zero-order valence-corrected chi connectivity index (χ0v) is 11.2. The van der Waals surface area contributed by atoms with E-state index in [4.69, 9.17) is 16.3 Å². The SMILES string of the molecule is Cc1cc(F)ccc1COc1ccc(Cl)cc1CO. The van der Waals surface area contributed by atoms with E-state index in [0.29, 0.717) is 22.9 Å². The molecule has 0 aromatic heterocycles. The molecule has 2 rings (SSSR count). The van der Waals surface area contributed by atoms with Gasteiger partial charge in [0.1, 0.15) is 18.2 Å². The van der Waals surface area contributed by atoms with Crippen molar-refractivity contribution in [1.29, 1.82) is 0 Å². The van der Waals surface area contributed by atoms with E-state index in [1.54, 1.807) is 24.3 Å². The summed E-state index contributed by atoms with van der Waals surface area (Å²) in [5.41, 5.74) is 2.37. The number of hydrogen-bond donors (Lipinski definition) is 1. The molecular formula is C15H14ClFO2. The molecule has 19 heavy (non-hydrogen) atoms. The van der Waals surface area contributed by atoms with Crippen molar-refractivity contribution in [2.75, 3.05) is 0 Å². The van der Waals surface area contributed by atoms with Crippen molar-refractivity contribution in [1.82, 2.24) is 0 Å². The van der Waals surface area contributed by atoms with Gasteiger partial charge in [0.25, 0.3) is 0 Å². The third kappa shape index (κ3) is 3.46. The Bertz CT molecular complexity index is 584. The van der Waals surface area contributed by atoms with E-state index in [1.807, 2.05) is 6.92 Å². The van der Waals surface area contributed by atoms with Crippen LogP contribution in [0.1, 0.15) is 16.7 Å². The van der Waals surface area contributed by atoms with Crippen LogP contribution < -0.4 is 4.74 Å². The zero-order valence-electron chi connectivity index (χ0n) is 10.5. The third-order valence-corrected chi connectivity index (χ3v) is 3.12. The quantitative estimate of drug-likeness (QED) is 0.921. The Balaban J connectivity index is 2.14. The molecule has 4 heteroatoms. The number of hydrogen-bond acceptors (Lipinski definition) is 2. The normalized spacial score (nSPS) is 10.5. The Morgan fingerprint density at radius 1 is 1.16 bits per heavy atom. The van der Waals surface area contributed by atoms with E-state index in [2.05, 4.69) is 0 Å². The lowest BCUT2D eigenvalue weighted by Crippen LogP contribution is -2.01. The first kappa shape index (κ1) is 13.8. The predicted molar refractivity (Wildman–Crippen MR) is 72.8 cm³/mol. The summed E-state index contributed by atoms with van der Waals surface area (Å²) >= 11 is 5.85. The highest BCUT2D eigenvalue weighted by Gasteiger charge is 2.06. The molecule has 0 aliphatic rings. The monoisotopic (exact) mass is 280 g/mol. The number of ether oxygens (including phenoxy) is 1. The van der Waals surface area contributed by atoms with E-state index >= 15 is 0 Å². The molecule has 0 fully saturated rings. The first-order valence-corrected chi connectivity index (χ1v) is 6.25. The van der Waals surface area contributed by atoms with Gasteiger partial charge in [-0.3, -0.25) is 0 Å². The molecule has 0 aliphatic heterocycles. The molecule has 0 amide bonds. The minimum atomic E-state index is -0.260. The average molecular weight is 281 g/mol. The molecule has 0 saturated heterocycles. The van der Waals surface area contributed by atoms with Gasteiger partial charge in [0, 0.05) is 10.6 Å². The second-order valence-corrected chi connectivity index (χ2v) is 4.71. The maximum atomic E-state index is 13.0.